The zero-order valence-electron chi connectivity index (χ0n) is 15.1. The number of likely N-dealkylation sites (tertiary alicyclic amines) is 1. The van der Waals surface area contributed by atoms with Crippen LogP contribution in [0.2, 0.25) is 0 Å². The number of rotatable bonds is 3. The quantitative estimate of drug-likeness (QED) is 0.773. The van der Waals surface area contributed by atoms with Crippen molar-refractivity contribution in [2.45, 2.75) is 17.7 Å². The Morgan fingerprint density at radius 3 is 2.37 bits per heavy atom. The summed E-state index contributed by atoms with van der Waals surface area (Å²) in [4.78, 5) is 15.4. The summed E-state index contributed by atoms with van der Waals surface area (Å²) in [7, 11) is -3.65. The molecule has 1 amide bonds. The van der Waals surface area contributed by atoms with Gasteiger partial charge in [-0.15, -0.1) is 23.7 Å². The van der Waals surface area contributed by atoms with Crippen molar-refractivity contribution in [3.05, 3.63) is 16.3 Å². The Labute approximate surface area is 170 Å². The number of halogens is 1. The molecule has 0 radical (unpaired) electrons. The van der Waals surface area contributed by atoms with E-state index in [0.717, 1.165) is 25.9 Å². The molecule has 7 nitrogen and oxygen atoms in total. The van der Waals surface area contributed by atoms with Gasteiger partial charge in [-0.25, -0.2) is 8.42 Å². The highest BCUT2D eigenvalue weighted by molar-refractivity contribution is 7.89. The normalized spacial score (nSPS) is 26.9. The molecule has 3 fully saturated rings. The second-order valence-electron chi connectivity index (χ2n) is 7.18. The van der Waals surface area contributed by atoms with Gasteiger partial charge in [0.1, 0.15) is 9.77 Å². The van der Waals surface area contributed by atoms with Gasteiger partial charge < -0.3 is 15.0 Å². The summed E-state index contributed by atoms with van der Waals surface area (Å²) in [5, 5.41) is 5.14. The fourth-order valence-electron chi connectivity index (χ4n) is 4.15. The summed E-state index contributed by atoms with van der Waals surface area (Å²) in [6, 6.07) is 1.57. The number of hydrogen-bond acceptors (Lipinski definition) is 6. The topological polar surface area (TPSA) is 79.0 Å². The number of hydrogen-bond donors (Lipinski definition) is 1. The molecule has 0 aliphatic carbocycles. The number of nitrogens with one attached hydrogen (secondary N) is 1. The number of carbonyl (C=O) groups is 1. The van der Waals surface area contributed by atoms with Gasteiger partial charge in [0.15, 0.2) is 0 Å². The third-order valence-electron chi connectivity index (χ3n) is 5.72. The molecule has 0 saturated carbocycles. The SMILES string of the molecule is Cl.O=C(c1sccc1S(=O)(=O)N1CCOCC1)N1CC[C@@H]2CNC[C@@H]2CC1. The van der Waals surface area contributed by atoms with Crippen LogP contribution in [0.4, 0.5) is 0 Å². The smallest absolute Gasteiger partial charge is 0.265 e. The molecule has 3 saturated heterocycles. The molecular formula is C17H26ClN3O4S2. The average molecular weight is 436 g/mol. The van der Waals surface area contributed by atoms with Crippen molar-refractivity contribution >= 4 is 39.7 Å². The number of morpholine rings is 1. The fraction of sp³-hybridized carbons (Fsp3) is 0.706. The van der Waals surface area contributed by atoms with E-state index < -0.39 is 10.0 Å². The minimum atomic E-state index is -3.65. The van der Waals surface area contributed by atoms with Crippen LogP contribution in [0.15, 0.2) is 16.3 Å². The Bertz CT molecular complexity index is 750. The zero-order valence-corrected chi connectivity index (χ0v) is 17.6. The number of carbonyl (C=O) groups excluding carboxylic acids is 1. The summed E-state index contributed by atoms with van der Waals surface area (Å²) in [6.07, 6.45) is 1.97. The molecule has 1 aromatic heterocycles. The molecule has 152 valence electrons. The standard InChI is InChI=1S/C17H25N3O4S2.ClH/c21-17(19-4-1-13-11-18-12-14(13)2-5-19)16-15(3-10-25-16)26(22,23)20-6-8-24-9-7-20;/h3,10,13-14,18H,1-2,4-9,11-12H2;1H/t13-,14+;. The molecule has 1 aromatic rings. The lowest BCUT2D eigenvalue weighted by Gasteiger charge is -2.26. The molecule has 2 atom stereocenters. The minimum Gasteiger partial charge on any atom is -0.379 e. The second-order valence-corrected chi connectivity index (χ2v) is 10.0. The van der Waals surface area contributed by atoms with Crippen LogP contribution in [0.1, 0.15) is 22.5 Å². The predicted molar refractivity (Wildman–Crippen MR) is 106 cm³/mol. The van der Waals surface area contributed by atoms with Crippen LogP contribution < -0.4 is 5.32 Å². The summed E-state index contributed by atoms with van der Waals surface area (Å²) in [6.45, 7) is 4.95. The molecular weight excluding hydrogens is 410 g/mol. The lowest BCUT2D eigenvalue weighted by atomic mass is 9.92. The molecule has 0 spiro atoms. The summed E-state index contributed by atoms with van der Waals surface area (Å²) < 4.78 is 32.6. The highest BCUT2D eigenvalue weighted by Crippen LogP contribution is 2.31. The van der Waals surface area contributed by atoms with Crippen LogP contribution in [0, 0.1) is 11.8 Å². The summed E-state index contributed by atoms with van der Waals surface area (Å²) >= 11 is 1.23. The predicted octanol–water partition coefficient (Wildman–Crippen LogP) is 1.26. The highest BCUT2D eigenvalue weighted by atomic mass is 35.5. The Morgan fingerprint density at radius 1 is 1.11 bits per heavy atom. The van der Waals surface area contributed by atoms with Crippen molar-refractivity contribution in [3.63, 3.8) is 0 Å². The highest BCUT2D eigenvalue weighted by Gasteiger charge is 2.35. The van der Waals surface area contributed by atoms with Crippen LogP contribution in [0.3, 0.4) is 0 Å². The molecule has 3 aliphatic heterocycles. The van der Waals surface area contributed by atoms with Gasteiger partial charge in [-0.2, -0.15) is 4.31 Å². The fourth-order valence-corrected chi connectivity index (χ4v) is 6.92. The minimum absolute atomic E-state index is 0. The van der Waals surface area contributed by atoms with E-state index in [1.807, 2.05) is 4.90 Å². The average Bonchev–Trinajstić information content (AvgIpc) is 3.28. The maximum atomic E-state index is 13.1. The number of sulfonamides is 1. The van der Waals surface area contributed by atoms with E-state index in [4.69, 9.17) is 4.74 Å². The monoisotopic (exact) mass is 435 g/mol. The van der Waals surface area contributed by atoms with Gasteiger partial charge in [-0.3, -0.25) is 4.79 Å². The first kappa shape index (κ1) is 21.0. The van der Waals surface area contributed by atoms with Gasteiger partial charge in [0.05, 0.1) is 13.2 Å². The lowest BCUT2D eigenvalue weighted by Crippen LogP contribution is -2.41. The van der Waals surface area contributed by atoms with Crippen molar-refractivity contribution in [1.29, 1.82) is 0 Å². The van der Waals surface area contributed by atoms with Gasteiger partial charge in [0.25, 0.3) is 5.91 Å². The van der Waals surface area contributed by atoms with E-state index in [2.05, 4.69) is 5.32 Å². The van der Waals surface area contributed by atoms with Crippen LogP contribution in [0.5, 0.6) is 0 Å². The third-order valence-corrected chi connectivity index (χ3v) is 8.69. The number of fused-ring (bicyclic) bond motifs is 1. The van der Waals surface area contributed by atoms with E-state index in [1.165, 1.54) is 15.6 Å². The third kappa shape index (κ3) is 4.18. The van der Waals surface area contributed by atoms with Crippen LogP contribution in [-0.4, -0.2) is 76.0 Å². The molecule has 0 aromatic carbocycles. The van der Waals surface area contributed by atoms with Crippen molar-refractivity contribution < 1.29 is 17.9 Å². The number of ether oxygens (including phenoxy) is 1. The number of amides is 1. The van der Waals surface area contributed by atoms with Crippen LogP contribution >= 0.6 is 23.7 Å². The Hall–Kier alpha value is -0.710. The Balaban J connectivity index is 0.00000210. The van der Waals surface area contributed by atoms with E-state index in [-0.39, 0.29) is 23.2 Å². The number of nitrogens with zero attached hydrogens (tertiary/aromatic N) is 2. The van der Waals surface area contributed by atoms with E-state index in [0.29, 0.717) is 56.1 Å². The van der Waals surface area contributed by atoms with E-state index in [9.17, 15) is 13.2 Å². The van der Waals surface area contributed by atoms with E-state index >= 15 is 0 Å². The van der Waals surface area contributed by atoms with Gasteiger partial charge in [-0.1, -0.05) is 0 Å². The second kappa shape index (κ2) is 8.75. The van der Waals surface area contributed by atoms with Crippen LogP contribution in [0.25, 0.3) is 0 Å². The first-order valence-corrected chi connectivity index (χ1v) is 11.5. The summed E-state index contributed by atoms with van der Waals surface area (Å²) in [5.41, 5.74) is 0. The van der Waals surface area contributed by atoms with Gasteiger partial charge >= 0.3 is 0 Å². The molecule has 10 heteroatoms. The largest absolute Gasteiger partial charge is 0.379 e. The molecule has 0 bridgehead atoms. The maximum absolute atomic E-state index is 13.1. The lowest BCUT2D eigenvalue weighted by molar-refractivity contribution is 0.0726. The molecule has 27 heavy (non-hydrogen) atoms. The molecule has 4 rings (SSSR count). The molecule has 1 N–H and O–H groups in total. The van der Waals surface area contributed by atoms with Crippen molar-refractivity contribution in [1.82, 2.24) is 14.5 Å². The first-order chi connectivity index (χ1) is 12.6. The van der Waals surface area contributed by atoms with Gasteiger partial charge in [0, 0.05) is 26.2 Å². The van der Waals surface area contributed by atoms with E-state index in [1.54, 1.807) is 11.4 Å². The molecule has 4 heterocycles. The van der Waals surface area contributed by atoms with Crippen LogP contribution in [-0.2, 0) is 14.8 Å². The maximum Gasteiger partial charge on any atom is 0.265 e. The van der Waals surface area contributed by atoms with Crippen molar-refractivity contribution in [2.75, 3.05) is 52.5 Å². The van der Waals surface area contributed by atoms with Gasteiger partial charge in [-0.05, 0) is 49.2 Å². The first-order valence-electron chi connectivity index (χ1n) is 9.23. The summed E-state index contributed by atoms with van der Waals surface area (Å²) in [5.74, 6) is 1.13. The number of thiophene rings is 1. The Morgan fingerprint density at radius 2 is 1.74 bits per heavy atom. The van der Waals surface area contributed by atoms with Crippen molar-refractivity contribution in [2.24, 2.45) is 11.8 Å². The van der Waals surface area contributed by atoms with Gasteiger partial charge in [0.2, 0.25) is 10.0 Å². The zero-order chi connectivity index (χ0) is 18.1. The molecule has 3 aliphatic rings. The molecule has 0 unspecified atom stereocenters. The Kier molecular flexibility index (Phi) is 6.81. The van der Waals surface area contributed by atoms with Crippen molar-refractivity contribution in [3.8, 4) is 0 Å².